The van der Waals surface area contributed by atoms with Crippen LogP contribution in [0.2, 0.25) is 0 Å². The molecule has 2 heterocycles. The monoisotopic (exact) mass is 521 g/mol. The molecule has 2 saturated heterocycles. The number of aliphatic imine (C=N–C) groups is 1. The Morgan fingerprint density at radius 1 is 1.07 bits per heavy atom. The van der Waals surface area contributed by atoms with Gasteiger partial charge in [-0.05, 0) is 57.5 Å². The number of carbonyl (C=O) groups excluding carboxylic acids is 1. The van der Waals surface area contributed by atoms with Crippen LogP contribution in [-0.4, -0.2) is 74.0 Å². The van der Waals surface area contributed by atoms with Crippen molar-refractivity contribution >= 4 is 35.8 Å². The molecule has 29 heavy (non-hydrogen) atoms. The molecule has 1 unspecified atom stereocenters. The number of carbonyl (C=O) groups is 1. The molecule has 6 nitrogen and oxygen atoms in total. The maximum atomic E-state index is 11.6. The first-order valence-corrected chi connectivity index (χ1v) is 11.5. The summed E-state index contributed by atoms with van der Waals surface area (Å²) in [6.45, 7) is 13.0. The third kappa shape index (κ3) is 8.99. The molecule has 0 radical (unpaired) electrons. The Hall–Kier alpha value is -0.570. The van der Waals surface area contributed by atoms with Gasteiger partial charge >= 0.3 is 0 Å². The number of guanidine groups is 1. The van der Waals surface area contributed by atoms with Crippen molar-refractivity contribution in [1.82, 2.24) is 20.4 Å². The van der Waals surface area contributed by atoms with Crippen molar-refractivity contribution in [2.75, 3.05) is 46.3 Å². The van der Waals surface area contributed by atoms with Gasteiger partial charge in [0.05, 0.1) is 6.54 Å². The smallest absolute Gasteiger partial charge is 0.220 e. The summed E-state index contributed by atoms with van der Waals surface area (Å²) in [7, 11) is 1.73. The first-order chi connectivity index (χ1) is 13.5. The minimum atomic E-state index is 0. The normalized spacial score (nSPS) is 20.7. The summed E-state index contributed by atoms with van der Waals surface area (Å²) in [5.41, 5.74) is 0. The number of nitrogens with zero attached hydrogens (tertiary/aromatic N) is 3. The van der Waals surface area contributed by atoms with Gasteiger partial charge < -0.3 is 15.5 Å². The fourth-order valence-electron chi connectivity index (χ4n) is 4.49. The van der Waals surface area contributed by atoms with Crippen LogP contribution in [0.5, 0.6) is 0 Å². The maximum absolute atomic E-state index is 11.6. The molecule has 0 bridgehead atoms. The van der Waals surface area contributed by atoms with Crippen LogP contribution in [0, 0.1) is 11.8 Å². The van der Waals surface area contributed by atoms with Crippen molar-refractivity contribution in [2.45, 2.75) is 71.8 Å². The summed E-state index contributed by atoms with van der Waals surface area (Å²) >= 11 is 0. The molecular weight excluding hydrogens is 477 g/mol. The third-order valence-corrected chi connectivity index (χ3v) is 6.31. The van der Waals surface area contributed by atoms with E-state index in [1.165, 1.54) is 38.8 Å². The van der Waals surface area contributed by atoms with Crippen LogP contribution >= 0.6 is 24.0 Å². The highest BCUT2D eigenvalue weighted by Gasteiger charge is 2.25. The molecule has 2 fully saturated rings. The fourth-order valence-corrected chi connectivity index (χ4v) is 4.49. The Kier molecular flexibility index (Phi) is 13.2. The zero-order valence-corrected chi connectivity index (χ0v) is 21.4. The third-order valence-electron chi connectivity index (χ3n) is 6.31. The van der Waals surface area contributed by atoms with Crippen LogP contribution in [0.25, 0.3) is 0 Å². The van der Waals surface area contributed by atoms with E-state index in [0.717, 1.165) is 45.0 Å². The lowest BCUT2D eigenvalue weighted by molar-refractivity contribution is -0.121. The number of nitrogens with one attached hydrogen (secondary N) is 2. The summed E-state index contributed by atoms with van der Waals surface area (Å²) in [4.78, 5) is 21.8. The van der Waals surface area contributed by atoms with Crippen molar-refractivity contribution in [3.63, 3.8) is 0 Å². The number of rotatable bonds is 7. The highest BCUT2D eigenvalue weighted by Crippen LogP contribution is 2.21. The Bertz CT molecular complexity index is 484. The predicted molar refractivity (Wildman–Crippen MR) is 133 cm³/mol. The average molecular weight is 522 g/mol. The number of amides is 1. The van der Waals surface area contributed by atoms with E-state index in [1.807, 2.05) is 0 Å². The summed E-state index contributed by atoms with van der Waals surface area (Å²) in [6.07, 6.45) is 8.19. The van der Waals surface area contributed by atoms with Gasteiger partial charge in [-0.2, -0.15) is 0 Å². The van der Waals surface area contributed by atoms with Gasteiger partial charge in [0, 0.05) is 39.1 Å². The second-order valence-electron chi connectivity index (χ2n) is 8.76. The molecule has 0 aromatic carbocycles. The lowest BCUT2D eigenvalue weighted by atomic mass is 9.93. The van der Waals surface area contributed by atoms with Crippen LogP contribution in [0.1, 0.15) is 65.7 Å². The summed E-state index contributed by atoms with van der Waals surface area (Å²) in [5.74, 6) is 2.33. The molecule has 0 aliphatic carbocycles. The molecule has 170 valence electrons. The molecule has 1 amide bonds. The molecule has 7 heteroatoms. The molecule has 0 aromatic rings. The number of piperidine rings is 1. The first kappa shape index (κ1) is 26.5. The first-order valence-electron chi connectivity index (χ1n) is 11.5. The number of halogens is 1. The fraction of sp³-hybridized carbons (Fsp3) is 0.909. The molecule has 0 saturated carbocycles. The summed E-state index contributed by atoms with van der Waals surface area (Å²) < 4.78 is 0. The second-order valence-corrected chi connectivity index (χ2v) is 8.76. The second kappa shape index (κ2) is 14.4. The van der Waals surface area contributed by atoms with Crippen LogP contribution in [-0.2, 0) is 4.79 Å². The molecule has 0 aromatic heterocycles. The Balaban J connectivity index is 0.00000420. The van der Waals surface area contributed by atoms with Gasteiger partial charge in [-0.15, -0.1) is 24.0 Å². The van der Waals surface area contributed by atoms with E-state index < -0.39 is 0 Å². The van der Waals surface area contributed by atoms with E-state index in [1.54, 1.807) is 7.05 Å². The zero-order valence-electron chi connectivity index (χ0n) is 19.1. The zero-order chi connectivity index (χ0) is 20.4. The maximum Gasteiger partial charge on any atom is 0.220 e. The number of hydrogen-bond acceptors (Lipinski definition) is 3. The topological polar surface area (TPSA) is 60.0 Å². The van der Waals surface area contributed by atoms with Crippen LogP contribution in [0.3, 0.4) is 0 Å². The van der Waals surface area contributed by atoms with Crippen molar-refractivity contribution in [2.24, 2.45) is 16.8 Å². The van der Waals surface area contributed by atoms with E-state index >= 15 is 0 Å². The Labute approximate surface area is 195 Å². The van der Waals surface area contributed by atoms with Crippen molar-refractivity contribution in [1.29, 1.82) is 0 Å². The van der Waals surface area contributed by atoms with Gasteiger partial charge in [-0.3, -0.25) is 14.7 Å². The predicted octanol–water partition coefficient (Wildman–Crippen LogP) is 3.32. The van der Waals surface area contributed by atoms with E-state index in [-0.39, 0.29) is 29.9 Å². The largest absolute Gasteiger partial charge is 0.359 e. The average Bonchev–Trinajstić information content (AvgIpc) is 2.97. The van der Waals surface area contributed by atoms with Crippen LogP contribution in [0.4, 0.5) is 0 Å². The minimum Gasteiger partial charge on any atom is -0.359 e. The SMILES string of the molecule is CCNC(=NCC(C(C)C)N1CCCCCC1)N1CCC(CC(=O)NC)CC1.I. The van der Waals surface area contributed by atoms with Gasteiger partial charge in [-0.1, -0.05) is 26.7 Å². The van der Waals surface area contributed by atoms with Gasteiger partial charge in [0.1, 0.15) is 0 Å². The van der Waals surface area contributed by atoms with Crippen molar-refractivity contribution in [3.05, 3.63) is 0 Å². The summed E-state index contributed by atoms with van der Waals surface area (Å²) in [5, 5.41) is 6.26. The lowest BCUT2D eigenvalue weighted by Crippen LogP contribution is -2.47. The Morgan fingerprint density at radius 2 is 1.69 bits per heavy atom. The lowest BCUT2D eigenvalue weighted by Gasteiger charge is -2.35. The van der Waals surface area contributed by atoms with Gasteiger partial charge in [0.25, 0.3) is 0 Å². The van der Waals surface area contributed by atoms with Crippen LogP contribution < -0.4 is 10.6 Å². The molecule has 2 rings (SSSR count). The minimum absolute atomic E-state index is 0. The molecule has 1 atom stereocenters. The van der Waals surface area contributed by atoms with Crippen molar-refractivity contribution < 1.29 is 4.79 Å². The van der Waals surface area contributed by atoms with E-state index in [9.17, 15) is 4.79 Å². The van der Waals surface area contributed by atoms with Gasteiger partial charge in [0.2, 0.25) is 5.91 Å². The molecular formula is C22H44IN5O. The Morgan fingerprint density at radius 3 is 2.21 bits per heavy atom. The van der Waals surface area contributed by atoms with Gasteiger partial charge in [-0.25, -0.2) is 0 Å². The number of hydrogen-bond donors (Lipinski definition) is 2. The molecule has 2 aliphatic heterocycles. The molecule has 0 spiro atoms. The van der Waals surface area contributed by atoms with E-state index in [2.05, 4.69) is 41.2 Å². The molecule has 2 aliphatic rings. The highest BCUT2D eigenvalue weighted by molar-refractivity contribution is 14.0. The van der Waals surface area contributed by atoms with Crippen molar-refractivity contribution in [3.8, 4) is 0 Å². The molecule has 2 N–H and O–H groups in total. The van der Waals surface area contributed by atoms with Crippen LogP contribution in [0.15, 0.2) is 4.99 Å². The van der Waals surface area contributed by atoms with E-state index in [4.69, 9.17) is 4.99 Å². The number of likely N-dealkylation sites (tertiary alicyclic amines) is 2. The quantitative estimate of drug-likeness (QED) is 0.307. The standard InChI is InChI=1S/C22H43N5O.HI/c1-5-24-22(27-14-10-19(11-15-27)16-21(28)23-4)25-17-20(18(2)3)26-12-8-6-7-9-13-26;/h18-20H,5-17H2,1-4H3,(H,23,28)(H,24,25);1H. The van der Waals surface area contributed by atoms with Gasteiger partial charge in [0.15, 0.2) is 5.96 Å². The highest BCUT2D eigenvalue weighted by atomic mass is 127. The van der Waals surface area contributed by atoms with E-state index in [0.29, 0.717) is 24.3 Å². The summed E-state index contributed by atoms with van der Waals surface area (Å²) in [6, 6.07) is 0.526.